The lowest BCUT2D eigenvalue weighted by atomic mass is 10.1. The fourth-order valence-electron chi connectivity index (χ4n) is 1.09. The number of methoxy groups -OCH3 is 1. The molecule has 0 saturated heterocycles. The molecule has 0 spiro atoms. The average Bonchev–Trinajstić information content (AvgIpc) is 2.08. The van der Waals surface area contributed by atoms with Gasteiger partial charge in [0.1, 0.15) is 11.5 Å². The molecule has 3 heteroatoms. The molecule has 0 aromatic heterocycles. The molecule has 0 atom stereocenters. The van der Waals surface area contributed by atoms with Gasteiger partial charge in [0.25, 0.3) is 0 Å². The first-order valence-corrected chi connectivity index (χ1v) is 4.58. The number of aliphatic hydroxyl groups is 1. The third kappa shape index (κ3) is 2.04. The summed E-state index contributed by atoms with van der Waals surface area (Å²) < 4.78 is 5.85. The van der Waals surface area contributed by atoms with E-state index >= 15 is 0 Å². The number of halogens is 1. The number of ether oxygens (including phenoxy) is 1. The van der Waals surface area contributed by atoms with Crippen LogP contribution in [0.15, 0.2) is 23.2 Å². The van der Waals surface area contributed by atoms with Crippen molar-refractivity contribution in [1.82, 2.24) is 0 Å². The van der Waals surface area contributed by atoms with Crippen molar-refractivity contribution < 1.29 is 9.84 Å². The van der Waals surface area contributed by atoms with E-state index in [1.807, 2.05) is 19.1 Å². The predicted molar refractivity (Wildman–Crippen MR) is 57.1 cm³/mol. The van der Waals surface area contributed by atoms with E-state index in [-0.39, 0.29) is 5.76 Å². The summed E-state index contributed by atoms with van der Waals surface area (Å²) in [5.74, 6) is 0.735. The average molecular weight is 243 g/mol. The monoisotopic (exact) mass is 242 g/mol. The van der Waals surface area contributed by atoms with Gasteiger partial charge in [-0.3, -0.25) is 0 Å². The SMILES string of the molecule is C=C(O)c1cc(C)cc(OC)c1Br. The molecule has 0 aliphatic heterocycles. The minimum absolute atomic E-state index is 0.0360. The second kappa shape index (κ2) is 3.83. The minimum atomic E-state index is 0.0360. The second-order valence-electron chi connectivity index (χ2n) is 2.78. The summed E-state index contributed by atoms with van der Waals surface area (Å²) in [6, 6.07) is 3.73. The molecule has 0 radical (unpaired) electrons. The molecule has 0 heterocycles. The predicted octanol–water partition coefficient (Wildman–Crippen LogP) is 3.29. The topological polar surface area (TPSA) is 29.5 Å². The van der Waals surface area contributed by atoms with Gasteiger partial charge in [-0.05, 0) is 40.5 Å². The third-order valence-electron chi connectivity index (χ3n) is 1.71. The van der Waals surface area contributed by atoms with Crippen LogP contribution in [0.4, 0.5) is 0 Å². The molecule has 0 aliphatic rings. The largest absolute Gasteiger partial charge is 0.508 e. The van der Waals surface area contributed by atoms with Gasteiger partial charge in [0.15, 0.2) is 0 Å². The fraction of sp³-hybridized carbons (Fsp3) is 0.200. The maximum Gasteiger partial charge on any atom is 0.134 e. The highest BCUT2D eigenvalue weighted by Crippen LogP contribution is 2.32. The Morgan fingerprint density at radius 3 is 2.62 bits per heavy atom. The van der Waals surface area contributed by atoms with Crippen molar-refractivity contribution in [3.63, 3.8) is 0 Å². The molecular formula is C10H11BrO2. The highest BCUT2D eigenvalue weighted by atomic mass is 79.9. The minimum Gasteiger partial charge on any atom is -0.508 e. The van der Waals surface area contributed by atoms with Crippen molar-refractivity contribution in [2.24, 2.45) is 0 Å². The number of benzene rings is 1. The molecule has 0 aliphatic carbocycles. The van der Waals surface area contributed by atoms with E-state index in [1.165, 1.54) is 0 Å². The molecule has 0 amide bonds. The van der Waals surface area contributed by atoms with Crippen LogP contribution in [0, 0.1) is 6.92 Å². The first-order valence-electron chi connectivity index (χ1n) is 3.78. The van der Waals surface area contributed by atoms with E-state index in [9.17, 15) is 5.11 Å². The maximum atomic E-state index is 9.27. The first kappa shape index (κ1) is 10.1. The zero-order valence-electron chi connectivity index (χ0n) is 7.60. The van der Waals surface area contributed by atoms with Gasteiger partial charge in [-0.2, -0.15) is 0 Å². The molecule has 1 aromatic carbocycles. The smallest absolute Gasteiger partial charge is 0.134 e. The Kier molecular flexibility index (Phi) is 2.98. The van der Waals surface area contributed by atoms with Crippen LogP contribution >= 0.6 is 15.9 Å². The number of aliphatic hydroxyl groups excluding tert-OH is 1. The van der Waals surface area contributed by atoms with Crippen LogP contribution in [0.2, 0.25) is 0 Å². The van der Waals surface area contributed by atoms with Crippen LogP contribution in [-0.2, 0) is 0 Å². The Labute approximate surface area is 86.0 Å². The molecular weight excluding hydrogens is 232 g/mol. The van der Waals surface area contributed by atoms with Gasteiger partial charge in [0.2, 0.25) is 0 Å². The third-order valence-corrected chi connectivity index (χ3v) is 2.53. The molecule has 70 valence electrons. The molecule has 0 bridgehead atoms. The number of hydrogen-bond acceptors (Lipinski definition) is 2. The summed E-state index contributed by atoms with van der Waals surface area (Å²) in [4.78, 5) is 0. The van der Waals surface area contributed by atoms with Gasteiger partial charge in [-0.1, -0.05) is 6.58 Å². The van der Waals surface area contributed by atoms with Gasteiger partial charge in [-0.15, -0.1) is 0 Å². The molecule has 0 saturated carbocycles. The van der Waals surface area contributed by atoms with Crippen LogP contribution in [0.25, 0.3) is 5.76 Å². The summed E-state index contributed by atoms with van der Waals surface area (Å²) in [6.45, 7) is 5.40. The second-order valence-corrected chi connectivity index (χ2v) is 3.57. The molecule has 1 aromatic rings. The van der Waals surface area contributed by atoms with Crippen molar-refractivity contribution in [3.05, 3.63) is 34.3 Å². The van der Waals surface area contributed by atoms with Crippen LogP contribution in [0.1, 0.15) is 11.1 Å². The summed E-state index contributed by atoms with van der Waals surface area (Å²) in [7, 11) is 1.59. The van der Waals surface area contributed by atoms with Crippen molar-refractivity contribution in [2.75, 3.05) is 7.11 Å². The summed E-state index contributed by atoms with van der Waals surface area (Å²) in [6.07, 6.45) is 0. The highest BCUT2D eigenvalue weighted by molar-refractivity contribution is 9.10. The van der Waals surface area contributed by atoms with E-state index in [0.717, 1.165) is 10.0 Å². The van der Waals surface area contributed by atoms with Crippen molar-refractivity contribution >= 4 is 21.7 Å². The van der Waals surface area contributed by atoms with Crippen LogP contribution in [0.3, 0.4) is 0 Å². The van der Waals surface area contributed by atoms with E-state index in [0.29, 0.717) is 11.3 Å². The summed E-state index contributed by atoms with van der Waals surface area (Å²) in [5, 5.41) is 9.27. The Hall–Kier alpha value is -0.960. The Morgan fingerprint density at radius 1 is 1.54 bits per heavy atom. The van der Waals surface area contributed by atoms with Gasteiger partial charge >= 0.3 is 0 Å². The van der Waals surface area contributed by atoms with Gasteiger partial charge in [-0.25, -0.2) is 0 Å². The van der Waals surface area contributed by atoms with Crippen LogP contribution in [-0.4, -0.2) is 12.2 Å². The number of rotatable bonds is 2. The summed E-state index contributed by atoms with van der Waals surface area (Å²) >= 11 is 3.33. The lowest BCUT2D eigenvalue weighted by Crippen LogP contribution is -1.91. The molecule has 0 fully saturated rings. The van der Waals surface area contributed by atoms with Crippen molar-refractivity contribution in [3.8, 4) is 5.75 Å². The van der Waals surface area contributed by atoms with Crippen LogP contribution < -0.4 is 4.74 Å². The zero-order valence-corrected chi connectivity index (χ0v) is 9.18. The van der Waals surface area contributed by atoms with Crippen LogP contribution in [0.5, 0.6) is 5.75 Å². The lowest BCUT2D eigenvalue weighted by molar-refractivity contribution is 0.411. The normalized spacial score (nSPS) is 9.77. The zero-order chi connectivity index (χ0) is 10.0. The van der Waals surface area contributed by atoms with Gasteiger partial charge in [0.05, 0.1) is 11.6 Å². The van der Waals surface area contributed by atoms with E-state index in [2.05, 4.69) is 22.5 Å². The van der Waals surface area contributed by atoms with Crippen molar-refractivity contribution in [1.29, 1.82) is 0 Å². The Balaban J connectivity index is 3.35. The molecule has 1 N–H and O–H groups in total. The maximum absolute atomic E-state index is 9.27. The quantitative estimate of drug-likeness (QED) is 0.807. The fourth-order valence-corrected chi connectivity index (χ4v) is 1.71. The van der Waals surface area contributed by atoms with Gasteiger partial charge < -0.3 is 9.84 Å². The van der Waals surface area contributed by atoms with E-state index in [1.54, 1.807) is 7.11 Å². The number of aryl methyl sites for hydroxylation is 1. The highest BCUT2D eigenvalue weighted by Gasteiger charge is 2.09. The van der Waals surface area contributed by atoms with Gasteiger partial charge in [0, 0.05) is 5.56 Å². The van der Waals surface area contributed by atoms with E-state index < -0.39 is 0 Å². The first-order chi connectivity index (χ1) is 6.06. The Morgan fingerprint density at radius 2 is 2.15 bits per heavy atom. The molecule has 0 unspecified atom stereocenters. The molecule has 1 rings (SSSR count). The molecule has 2 nitrogen and oxygen atoms in total. The lowest BCUT2D eigenvalue weighted by Gasteiger charge is -2.09. The standard InChI is InChI=1S/C10H11BrO2/c1-6-4-8(7(2)12)10(11)9(5-6)13-3/h4-5,12H,2H2,1,3H3. The van der Waals surface area contributed by atoms with Crippen molar-refractivity contribution in [2.45, 2.75) is 6.92 Å². The van der Waals surface area contributed by atoms with E-state index in [4.69, 9.17) is 4.74 Å². The Bertz CT molecular complexity index is 345. The summed E-state index contributed by atoms with van der Waals surface area (Å²) in [5.41, 5.74) is 1.68. The number of hydrogen-bond donors (Lipinski definition) is 1. The molecule has 13 heavy (non-hydrogen) atoms.